The molecule has 1 heterocycles. The molecule has 0 bridgehead atoms. The summed E-state index contributed by atoms with van der Waals surface area (Å²) < 4.78 is 5.52. The lowest BCUT2D eigenvalue weighted by atomic mass is 10.0. The maximum atomic E-state index is 12.0. The summed E-state index contributed by atoms with van der Waals surface area (Å²) in [5, 5.41) is 0. The van der Waals surface area contributed by atoms with Crippen LogP contribution < -0.4 is 0 Å². The second-order valence-electron chi connectivity index (χ2n) is 11.5. The highest BCUT2D eigenvalue weighted by molar-refractivity contribution is 5.69. The molecule has 0 amide bonds. The number of cyclic esters (lactones) is 1. The number of allylic oxidation sites excluding steroid dienone is 2. The Balaban J connectivity index is 2.15. The second kappa shape index (κ2) is 26.3. The van der Waals surface area contributed by atoms with Crippen molar-refractivity contribution in [3.63, 3.8) is 0 Å². The van der Waals surface area contributed by atoms with Crippen LogP contribution in [0.25, 0.3) is 0 Å². The quantitative estimate of drug-likeness (QED) is 0.249. The third kappa shape index (κ3) is 24.7. The largest absolute Gasteiger partial charge is 0.465 e. The van der Waals surface area contributed by atoms with Gasteiger partial charge in [-0.25, -0.2) is 0 Å². The molecular formula is C33H62O2. The number of carbonyl (C=O) groups excluding carboxylic acids is 1. The predicted molar refractivity (Wildman–Crippen MR) is 154 cm³/mol. The Morgan fingerprint density at radius 3 is 1.29 bits per heavy atom. The van der Waals surface area contributed by atoms with E-state index in [4.69, 9.17) is 4.74 Å². The van der Waals surface area contributed by atoms with Crippen molar-refractivity contribution in [1.82, 2.24) is 0 Å². The zero-order valence-electron chi connectivity index (χ0n) is 23.8. The summed E-state index contributed by atoms with van der Waals surface area (Å²) in [4.78, 5) is 12.0. The van der Waals surface area contributed by atoms with Gasteiger partial charge in [-0.1, -0.05) is 147 Å². The van der Waals surface area contributed by atoms with Gasteiger partial charge in [-0.2, -0.15) is 0 Å². The molecule has 1 atom stereocenters. The average molecular weight is 491 g/mol. The van der Waals surface area contributed by atoms with Crippen LogP contribution in [0, 0.1) is 5.92 Å². The number of esters is 1. The van der Waals surface area contributed by atoms with Crippen LogP contribution in [0.3, 0.4) is 0 Å². The topological polar surface area (TPSA) is 26.3 Å². The van der Waals surface area contributed by atoms with E-state index >= 15 is 0 Å². The molecule has 1 rings (SSSR count). The third-order valence-corrected chi connectivity index (χ3v) is 7.76. The molecule has 0 aromatic heterocycles. The van der Waals surface area contributed by atoms with Gasteiger partial charge in [0.1, 0.15) is 0 Å². The fourth-order valence-corrected chi connectivity index (χ4v) is 5.27. The second-order valence-corrected chi connectivity index (χ2v) is 11.5. The number of ether oxygens (including phenoxy) is 1. The van der Waals surface area contributed by atoms with Gasteiger partial charge < -0.3 is 4.74 Å². The summed E-state index contributed by atoms with van der Waals surface area (Å²) >= 11 is 0. The first-order chi connectivity index (χ1) is 17.3. The van der Waals surface area contributed by atoms with Crippen molar-refractivity contribution in [1.29, 1.82) is 0 Å². The van der Waals surface area contributed by atoms with Crippen molar-refractivity contribution in [2.75, 3.05) is 6.61 Å². The number of carbonyl (C=O) groups is 1. The molecule has 0 aliphatic carbocycles. The molecule has 2 heteroatoms. The van der Waals surface area contributed by atoms with Crippen LogP contribution in [-0.4, -0.2) is 12.6 Å². The van der Waals surface area contributed by atoms with Crippen molar-refractivity contribution in [2.24, 2.45) is 5.92 Å². The molecule has 35 heavy (non-hydrogen) atoms. The minimum absolute atomic E-state index is 0.0172. The van der Waals surface area contributed by atoms with Crippen LogP contribution in [0.15, 0.2) is 12.2 Å². The maximum Gasteiger partial charge on any atom is 0.305 e. The summed E-state index contributed by atoms with van der Waals surface area (Å²) in [6.45, 7) is 2.83. The summed E-state index contributed by atoms with van der Waals surface area (Å²) in [6.07, 6.45) is 40.6. The highest BCUT2D eigenvalue weighted by Gasteiger charge is 2.07. The van der Waals surface area contributed by atoms with Gasteiger partial charge in [0, 0.05) is 6.42 Å². The lowest BCUT2D eigenvalue weighted by Gasteiger charge is -2.12. The van der Waals surface area contributed by atoms with Gasteiger partial charge >= 0.3 is 5.97 Å². The van der Waals surface area contributed by atoms with Crippen molar-refractivity contribution in [3.8, 4) is 0 Å². The number of hydrogen-bond donors (Lipinski definition) is 0. The first-order valence-corrected chi connectivity index (χ1v) is 16.1. The predicted octanol–water partition coefficient (Wildman–Crippen LogP) is 11.3. The SMILES string of the molecule is CC1CCCCC/C=C\CCCCCCCCCCCCCCCCCCCCCCC(=O)OC1. The van der Waals surface area contributed by atoms with Crippen LogP contribution in [-0.2, 0) is 9.53 Å². The Morgan fingerprint density at radius 2 is 0.857 bits per heavy atom. The van der Waals surface area contributed by atoms with Crippen molar-refractivity contribution >= 4 is 5.97 Å². The molecule has 0 saturated carbocycles. The smallest absolute Gasteiger partial charge is 0.305 e. The van der Waals surface area contributed by atoms with Gasteiger partial charge in [-0.15, -0.1) is 0 Å². The van der Waals surface area contributed by atoms with Gasteiger partial charge in [0.05, 0.1) is 6.61 Å². The van der Waals surface area contributed by atoms with Gasteiger partial charge in [-0.05, 0) is 44.4 Å². The number of hydrogen-bond acceptors (Lipinski definition) is 2. The molecular weight excluding hydrogens is 428 g/mol. The van der Waals surface area contributed by atoms with Gasteiger partial charge in [0.15, 0.2) is 0 Å². The summed E-state index contributed by atoms with van der Waals surface area (Å²) in [5.41, 5.74) is 0. The normalized spacial score (nSPS) is 25.7. The molecule has 0 aromatic rings. The standard InChI is InChI=1S/C33H62O2/c1-32-29-27-25-23-21-19-17-15-13-11-9-7-5-3-2-4-6-8-10-12-14-16-18-20-22-24-26-28-30-33(34)35-31-32/h17,19,32H,2-16,18,20-31H2,1H3/b19-17-. The molecule has 1 unspecified atom stereocenters. The Bertz CT molecular complexity index is 470. The number of rotatable bonds is 0. The Hall–Kier alpha value is -0.790. The molecule has 0 radical (unpaired) electrons. The first kappa shape index (κ1) is 32.2. The molecule has 0 spiro atoms. The van der Waals surface area contributed by atoms with E-state index in [1.165, 1.54) is 161 Å². The average Bonchev–Trinajstić information content (AvgIpc) is 2.86. The van der Waals surface area contributed by atoms with E-state index in [-0.39, 0.29) is 5.97 Å². The lowest BCUT2D eigenvalue weighted by molar-refractivity contribution is -0.145. The molecule has 206 valence electrons. The van der Waals surface area contributed by atoms with Crippen molar-refractivity contribution in [3.05, 3.63) is 12.2 Å². The molecule has 0 N–H and O–H groups in total. The molecule has 0 saturated heterocycles. The van der Waals surface area contributed by atoms with E-state index in [1.54, 1.807) is 0 Å². The van der Waals surface area contributed by atoms with Crippen LogP contribution in [0.2, 0.25) is 0 Å². The highest BCUT2D eigenvalue weighted by Crippen LogP contribution is 2.16. The Morgan fingerprint density at radius 1 is 0.514 bits per heavy atom. The van der Waals surface area contributed by atoms with Gasteiger partial charge in [0.2, 0.25) is 0 Å². The molecule has 0 aromatic carbocycles. The summed E-state index contributed by atoms with van der Waals surface area (Å²) in [6, 6.07) is 0. The Kier molecular flexibility index (Phi) is 24.2. The summed E-state index contributed by atoms with van der Waals surface area (Å²) in [5.74, 6) is 0.511. The monoisotopic (exact) mass is 490 g/mol. The lowest BCUT2D eigenvalue weighted by Crippen LogP contribution is -2.11. The van der Waals surface area contributed by atoms with Crippen LogP contribution in [0.4, 0.5) is 0 Å². The zero-order chi connectivity index (χ0) is 25.1. The molecule has 1 aliphatic rings. The third-order valence-electron chi connectivity index (χ3n) is 7.76. The Labute approximate surface area is 220 Å². The van der Waals surface area contributed by atoms with Crippen molar-refractivity contribution < 1.29 is 9.53 Å². The minimum atomic E-state index is 0.0172. The fourth-order valence-electron chi connectivity index (χ4n) is 5.27. The van der Waals surface area contributed by atoms with Crippen LogP contribution in [0.1, 0.15) is 180 Å². The van der Waals surface area contributed by atoms with Gasteiger partial charge in [0.25, 0.3) is 0 Å². The van der Waals surface area contributed by atoms with Gasteiger partial charge in [-0.3, -0.25) is 4.79 Å². The fraction of sp³-hybridized carbons (Fsp3) is 0.909. The van der Waals surface area contributed by atoms with Crippen LogP contribution >= 0.6 is 0 Å². The van der Waals surface area contributed by atoms with E-state index in [1.807, 2.05) is 0 Å². The first-order valence-electron chi connectivity index (χ1n) is 16.1. The highest BCUT2D eigenvalue weighted by atomic mass is 16.5. The maximum absolute atomic E-state index is 12.0. The van der Waals surface area contributed by atoms with E-state index in [0.717, 1.165) is 6.42 Å². The summed E-state index contributed by atoms with van der Waals surface area (Å²) in [7, 11) is 0. The molecule has 2 nitrogen and oxygen atoms in total. The van der Waals surface area contributed by atoms with Crippen molar-refractivity contribution in [2.45, 2.75) is 180 Å². The molecule has 0 fully saturated rings. The van der Waals surface area contributed by atoms with Crippen LogP contribution in [0.5, 0.6) is 0 Å². The minimum Gasteiger partial charge on any atom is -0.465 e. The molecule has 1 aliphatic heterocycles. The van der Waals surface area contributed by atoms with E-state index in [2.05, 4.69) is 19.1 Å². The van der Waals surface area contributed by atoms with E-state index < -0.39 is 0 Å². The van der Waals surface area contributed by atoms with E-state index in [9.17, 15) is 4.79 Å². The zero-order valence-corrected chi connectivity index (χ0v) is 23.8. The van der Waals surface area contributed by atoms with E-state index in [0.29, 0.717) is 18.9 Å².